The Labute approximate surface area is 181 Å². The van der Waals surface area contributed by atoms with Gasteiger partial charge in [-0.2, -0.15) is 0 Å². The van der Waals surface area contributed by atoms with Crippen molar-refractivity contribution in [3.05, 3.63) is 29.3 Å². The molecule has 1 unspecified atom stereocenters. The molecule has 2 aliphatic rings. The largest absolute Gasteiger partial charge is 0.355 e. The van der Waals surface area contributed by atoms with E-state index in [0.29, 0.717) is 6.42 Å². The van der Waals surface area contributed by atoms with E-state index >= 15 is 0 Å². The van der Waals surface area contributed by atoms with Crippen LogP contribution in [0.1, 0.15) is 19.3 Å². The van der Waals surface area contributed by atoms with Crippen LogP contribution in [0, 0.1) is 5.41 Å². The molecule has 1 atom stereocenters. The number of thioether (sulfide) groups is 1. The number of hydrogen-bond acceptors (Lipinski definition) is 3. The van der Waals surface area contributed by atoms with Crippen LogP contribution in [0.3, 0.4) is 0 Å². The Morgan fingerprint density at radius 1 is 1.42 bits per heavy atom. The second-order valence-corrected chi connectivity index (χ2v) is 8.36. The summed E-state index contributed by atoms with van der Waals surface area (Å²) >= 11 is 7.71. The fraction of sp³-hybridized carbons (Fsp3) is 0.556. The highest BCUT2D eigenvalue weighted by Crippen LogP contribution is 2.36. The Kier molecular flexibility index (Phi) is 8.35. The van der Waals surface area contributed by atoms with Crippen LogP contribution >= 0.6 is 47.3 Å². The third-order valence-corrected chi connectivity index (χ3v) is 6.10. The first-order valence-electron chi connectivity index (χ1n) is 8.71. The fourth-order valence-electron chi connectivity index (χ4n) is 3.62. The number of halogens is 2. The zero-order chi connectivity index (χ0) is 17.7. The Hall–Kier alpha value is -0.670. The Morgan fingerprint density at radius 3 is 2.85 bits per heavy atom. The summed E-state index contributed by atoms with van der Waals surface area (Å²) in [5, 5.41) is 7.22. The van der Waals surface area contributed by atoms with Gasteiger partial charge in [-0.3, -0.25) is 9.79 Å². The first-order valence-corrected chi connectivity index (χ1v) is 10.1. The van der Waals surface area contributed by atoms with Crippen molar-refractivity contribution in [3.8, 4) is 0 Å². The van der Waals surface area contributed by atoms with Crippen molar-refractivity contribution in [2.75, 3.05) is 39.0 Å². The minimum absolute atomic E-state index is 0. The minimum atomic E-state index is 0. The molecule has 2 heterocycles. The first kappa shape index (κ1) is 21.6. The quantitative estimate of drug-likeness (QED) is 0.216. The number of carbonyl (C=O) groups excluding carboxylic acids is 1. The van der Waals surface area contributed by atoms with Gasteiger partial charge in [0, 0.05) is 60.7 Å². The molecule has 0 aliphatic carbocycles. The molecule has 2 aliphatic heterocycles. The molecular formula is C18H26ClIN4OS. The lowest BCUT2D eigenvalue weighted by Gasteiger charge is -2.40. The van der Waals surface area contributed by atoms with Crippen LogP contribution in [0.25, 0.3) is 0 Å². The SMILES string of the molecule is CN=C(NCCSc1ccc(Cl)cc1)N1CCCC2(CNC(=O)C2)C1.I. The fourth-order valence-corrected chi connectivity index (χ4v) is 4.52. The molecule has 2 saturated heterocycles. The van der Waals surface area contributed by atoms with E-state index in [1.165, 1.54) is 4.90 Å². The summed E-state index contributed by atoms with van der Waals surface area (Å²) in [5.74, 6) is 2.08. The molecule has 1 aromatic carbocycles. The first-order chi connectivity index (χ1) is 12.1. The molecular weight excluding hydrogens is 483 g/mol. The molecule has 1 aromatic rings. The predicted octanol–water partition coefficient (Wildman–Crippen LogP) is 3.23. The lowest BCUT2D eigenvalue weighted by molar-refractivity contribution is -0.119. The number of amides is 1. The van der Waals surface area contributed by atoms with Crippen molar-refractivity contribution in [1.29, 1.82) is 0 Å². The molecule has 0 radical (unpaired) electrons. The second kappa shape index (κ2) is 10.0. The number of benzene rings is 1. The minimum Gasteiger partial charge on any atom is -0.355 e. The molecule has 2 fully saturated rings. The summed E-state index contributed by atoms with van der Waals surface area (Å²) in [6.07, 6.45) is 2.87. The van der Waals surface area contributed by atoms with Crippen molar-refractivity contribution in [2.45, 2.75) is 24.2 Å². The van der Waals surface area contributed by atoms with Crippen molar-refractivity contribution in [2.24, 2.45) is 10.4 Å². The molecule has 3 rings (SSSR count). The van der Waals surface area contributed by atoms with E-state index in [9.17, 15) is 4.79 Å². The van der Waals surface area contributed by atoms with Gasteiger partial charge in [0.2, 0.25) is 5.91 Å². The van der Waals surface area contributed by atoms with Gasteiger partial charge in [0.25, 0.3) is 0 Å². The Morgan fingerprint density at radius 2 is 2.19 bits per heavy atom. The molecule has 1 amide bonds. The van der Waals surface area contributed by atoms with Gasteiger partial charge in [0.05, 0.1) is 0 Å². The topological polar surface area (TPSA) is 56.7 Å². The number of piperidine rings is 1. The molecule has 144 valence electrons. The second-order valence-electron chi connectivity index (χ2n) is 6.75. The molecule has 0 saturated carbocycles. The maximum Gasteiger partial charge on any atom is 0.220 e. The highest BCUT2D eigenvalue weighted by atomic mass is 127. The predicted molar refractivity (Wildman–Crippen MR) is 120 cm³/mol. The van der Waals surface area contributed by atoms with Crippen molar-refractivity contribution in [3.63, 3.8) is 0 Å². The van der Waals surface area contributed by atoms with E-state index in [2.05, 4.69) is 20.5 Å². The van der Waals surface area contributed by atoms with Crippen LogP contribution in [0.4, 0.5) is 0 Å². The summed E-state index contributed by atoms with van der Waals surface area (Å²) in [4.78, 5) is 19.6. The average Bonchev–Trinajstić information content (AvgIpc) is 2.96. The van der Waals surface area contributed by atoms with E-state index < -0.39 is 0 Å². The zero-order valence-corrected chi connectivity index (χ0v) is 18.9. The number of hydrogen-bond donors (Lipinski definition) is 2. The lowest BCUT2D eigenvalue weighted by atomic mass is 9.79. The van der Waals surface area contributed by atoms with E-state index in [1.807, 2.05) is 31.3 Å². The molecule has 0 bridgehead atoms. The number of nitrogens with one attached hydrogen (secondary N) is 2. The van der Waals surface area contributed by atoms with Gasteiger partial charge < -0.3 is 15.5 Å². The average molecular weight is 509 g/mol. The van der Waals surface area contributed by atoms with Crippen molar-refractivity contribution >= 4 is 59.2 Å². The summed E-state index contributed by atoms with van der Waals surface area (Å²) in [5.41, 5.74) is 0.0883. The van der Waals surface area contributed by atoms with Gasteiger partial charge >= 0.3 is 0 Å². The van der Waals surface area contributed by atoms with Crippen LogP contribution in [0.5, 0.6) is 0 Å². The number of nitrogens with zero attached hydrogens (tertiary/aromatic N) is 2. The van der Waals surface area contributed by atoms with Crippen molar-refractivity contribution < 1.29 is 4.79 Å². The molecule has 5 nitrogen and oxygen atoms in total. The van der Waals surface area contributed by atoms with Gasteiger partial charge in [-0.15, -0.1) is 35.7 Å². The third kappa shape index (κ3) is 5.66. The van der Waals surface area contributed by atoms with Crippen LogP contribution < -0.4 is 10.6 Å². The highest BCUT2D eigenvalue weighted by molar-refractivity contribution is 14.0. The summed E-state index contributed by atoms with van der Waals surface area (Å²) in [6, 6.07) is 7.92. The van der Waals surface area contributed by atoms with Crippen LogP contribution in [0.2, 0.25) is 5.02 Å². The van der Waals surface area contributed by atoms with E-state index in [4.69, 9.17) is 11.6 Å². The van der Waals surface area contributed by atoms with E-state index in [1.54, 1.807) is 11.8 Å². The van der Waals surface area contributed by atoms with Gasteiger partial charge in [-0.05, 0) is 37.1 Å². The highest BCUT2D eigenvalue weighted by Gasteiger charge is 2.42. The monoisotopic (exact) mass is 508 g/mol. The molecule has 26 heavy (non-hydrogen) atoms. The van der Waals surface area contributed by atoms with Crippen molar-refractivity contribution in [1.82, 2.24) is 15.5 Å². The number of rotatable bonds is 4. The van der Waals surface area contributed by atoms with E-state index in [0.717, 1.165) is 55.8 Å². The maximum absolute atomic E-state index is 11.6. The number of guanidine groups is 1. The van der Waals surface area contributed by atoms with Gasteiger partial charge in [-0.1, -0.05) is 11.6 Å². The summed E-state index contributed by atoms with van der Waals surface area (Å²) in [7, 11) is 1.83. The van der Waals surface area contributed by atoms with Gasteiger partial charge in [-0.25, -0.2) is 0 Å². The number of aliphatic imine (C=N–C) groups is 1. The normalized spacial score (nSPS) is 22.9. The molecule has 2 N–H and O–H groups in total. The standard InChI is InChI=1S/C18H25ClN4OS.HI/c1-20-17(21-8-10-25-15-5-3-14(19)4-6-15)23-9-2-7-18(13-23)11-16(24)22-12-18;/h3-6H,2,7-13H2,1H3,(H,20,21)(H,22,24);1H. The molecule has 8 heteroatoms. The third-order valence-electron chi connectivity index (χ3n) is 4.84. The lowest BCUT2D eigenvalue weighted by Crippen LogP contribution is -2.51. The van der Waals surface area contributed by atoms with Crippen LogP contribution in [-0.2, 0) is 4.79 Å². The van der Waals surface area contributed by atoms with E-state index in [-0.39, 0.29) is 35.3 Å². The zero-order valence-electron chi connectivity index (χ0n) is 15.0. The number of carbonyl (C=O) groups is 1. The van der Waals surface area contributed by atoms with Gasteiger partial charge in [0.15, 0.2) is 5.96 Å². The van der Waals surface area contributed by atoms with Crippen LogP contribution in [0.15, 0.2) is 34.2 Å². The Balaban J connectivity index is 0.00000243. The maximum atomic E-state index is 11.6. The molecule has 1 spiro atoms. The smallest absolute Gasteiger partial charge is 0.220 e. The van der Waals surface area contributed by atoms with Crippen LogP contribution in [-0.4, -0.2) is 55.7 Å². The van der Waals surface area contributed by atoms with Gasteiger partial charge in [0.1, 0.15) is 0 Å². The summed E-state index contributed by atoms with van der Waals surface area (Å²) in [6.45, 7) is 3.54. The summed E-state index contributed by atoms with van der Waals surface area (Å²) < 4.78 is 0. The molecule has 0 aromatic heterocycles. The Bertz CT molecular complexity index is 643. The number of likely N-dealkylation sites (tertiary alicyclic amines) is 1.